The van der Waals surface area contributed by atoms with Gasteiger partial charge in [-0.3, -0.25) is 9.59 Å². The second kappa shape index (κ2) is 6.25. The van der Waals surface area contributed by atoms with Crippen LogP contribution >= 0.6 is 0 Å². The third-order valence-corrected chi connectivity index (χ3v) is 2.88. The summed E-state index contributed by atoms with van der Waals surface area (Å²) >= 11 is 0. The molecule has 0 aliphatic heterocycles. The third-order valence-electron chi connectivity index (χ3n) is 2.88. The van der Waals surface area contributed by atoms with Gasteiger partial charge in [0, 0.05) is 11.1 Å². The third kappa shape index (κ3) is 3.06. The molecule has 0 atom stereocenters. The molecule has 2 aromatic rings. The molecule has 0 N–H and O–H groups in total. The smallest absolute Gasteiger partial charge is 0.161 e. The molecule has 2 nitrogen and oxygen atoms in total. The van der Waals surface area contributed by atoms with Gasteiger partial charge in [0.25, 0.3) is 0 Å². The molecule has 0 aromatic heterocycles. The Balaban J connectivity index is 0.00000180. The maximum absolute atomic E-state index is 11.8. The molecular weight excluding hydrogens is 252 g/mol. The van der Waals surface area contributed by atoms with E-state index in [1.165, 1.54) is 13.8 Å². The number of ketones is 2. The van der Waals surface area contributed by atoms with Crippen LogP contribution in [0.2, 0.25) is 0 Å². The average molecular weight is 270 g/mol. The lowest BCUT2D eigenvalue weighted by Gasteiger charge is -2.10. The summed E-state index contributed by atoms with van der Waals surface area (Å²) in [4.78, 5) is 23.4. The van der Waals surface area contributed by atoms with E-state index in [-0.39, 0.29) is 22.5 Å². The molecule has 0 amide bonds. The molecule has 0 fully saturated rings. The number of carbonyl (C=O) groups excluding carboxylic acids is 2. The van der Waals surface area contributed by atoms with E-state index in [2.05, 4.69) is 0 Å². The summed E-state index contributed by atoms with van der Waals surface area (Å²) in [5.41, 5.74) is 2.77. The number of rotatable bonds is 3. The Hall–Kier alpha value is -2.00. The molecule has 19 heavy (non-hydrogen) atoms. The summed E-state index contributed by atoms with van der Waals surface area (Å²) in [6.45, 7) is 2.98. The average Bonchev–Trinajstić information content (AvgIpc) is 2.38. The van der Waals surface area contributed by atoms with Crippen LogP contribution in [0.4, 0.5) is 0 Å². The van der Waals surface area contributed by atoms with Crippen LogP contribution in [0.25, 0.3) is 11.1 Å². The number of hydrogen-bond acceptors (Lipinski definition) is 2. The summed E-state index contributed by atoms with van der Waals surface area (Å²) in [6.07, 6.45) is 0. The van der Waals surface area contributed by atoms with Gasteiger partial charge in [-0.1, -0.05) is 48.5 Å². The highest BCUT2D eigenvalue weighted by Gasteiger charge is 2.16. The van der Waals surface area contributed by atoms with Crippen LogP contribution in [0.1, 0.15) is 34.6 Å². The molecule has 0 saturated carbocycles. The number of Topliss-reactive ketones (excluding diaryl/α,β-unsaturated/α-hetero) is 2. The normalized spacial score (nSPS) is 9.58. The van der Waals surface area contributed by atoms with E-state index in [1.54, 1.807) is 6.07 Å². The van der Waals surface area contributed by atoms with E-state index < -0.39 is 0 Å². The summed E-state index contributed by atoms with van der Waals surface area (Å²) in [5, 5.41) is 0. The predicted octanol–water partition coefficient (Wildman–Crippen LogP) is 2.31. The van der Waals surface area contributed by atoms with Crippen molar-refractivity contribution in [1.29, 1.82) is 0 Å². The van der Waals surface area contributed by atoms with E-state index in [1.807, 2.05) is 42.5 Å². The van der Waals surface area contributed by atoms with Crippen LogP contribution in [-0.2, 0) is 0 Å². The summed E-state index contributed by atoms with van der Waals surface area (Å²) in [7, 11) is 0. The fourth-order valence-electron chi connectivity index (χ4n) is 2.08. The van der Waals surface area contributed by atoms with Crippen LogP contribution in [-0.4, -0.2) is 22.5 Å². The molecular formula is C16H18O2Si. The Kier molecular flexibility index (Phi) is 4.95. The van der Waals surface area contributed by atoms with Gasteiger partial charge in [0.2, 0.25) is 0 Å². The standard InChI is InChI=1S/C16H14O2.H4Si/c1-11(17)14-9-6-10-15(16(14)12(2)18)13-7-4-3-5-8-13;/h3-10H,1-2H3;1H4. The topological polar surface area (TPSA) is 34.1 Å². The van der Waals surface area contributed by atoms with Crippen LogP contribution in [0, 0.1) is 0 Å². The Morgan fingerprint density at radius 2 is 1.42 bits per heavy atom. The first kappa shape index (κ1) is 15.1. The van der Waals surface area contributed by atoms with E-state index in [9.17, 15) is 9.59 Å². The largest absolute Gasteiger partial charge is 0.294 e. The van der Waals surface area contributed by atoms with E-state index in [0.29, 0.717) is 11.1 Å². The molecule has 0 bridgehead atoms. The molecule has 98 valence electrons. The SMILES string of the molecule is CC(=O)c1cccc(-c2ccccc2)c1C(C)=O.[SiH4]. The lowest BCUT2D eigenvalue weighted by atomic mass is 9.92. The minimum atomic E-state index is -0.0852. The Labute approximate surface area is 117 Å². The number of benzene rings is 2. The second-order valence-corrected chi connectivity index (χ2v) is 4.21. The van der Waals surface area contributed by atoms with Gasteiger partial charge in [-0.2, -0.15) is 0 Å². The lowest BCUT2D eigenvalue weighted by molar-refractivity contribution is 0.0981. The van der Waals surface area contributed by atoms with Gasteiger partial charge < -0.3 is 0 Å². The zero-order valence-electron chi connectivity index (χ0n) is 10.4. The van der Waals surface area contributed by atoms with Crippen molar-refractivity contribution in [3.63, 3.8) is 0 Å². The molecule has 0 unspecified atom stereocenters. The first-order valence-corrected chi connectivity index (χ1v) is 5.81. The highest BCUT2D eigenvalue weighted by Crippen LogP contribution is 2.27. The van der Waals surface area contributed by atoms with Crippen molar-refractivity contribution in [2.45, 2.75) is 13.8 Å². The van der Waals surface area contributed by atoms with E-state index >= 15 is 0 Å². The fourth-order valence-corrected chi connectivity index (χ4v) is 2.08. The first-order chi connectivity index (χ1) is 8.61. The zero-order chi connectivity index (χ0) is 13.1. The molecule has 3 heteroatoms. The molecule has 0 aliphatic carbocycles. The van der Waals surface area contributed by atoms with Crippen molar-refractivity contribution in [1.82, 2.24) is 0 Å². The molecule has 0 saturated heterocycles. The first-order valence-electron chi connectivity index (χ1n) is 5.81. The maximum atomic E-state index is 11.8. The van der Waals surface area contributed by atoms with Gasteiger partial charge in [-0.25, -0.2) is 0 Å². The van der Waals surface area contributed by atoms with Crippen LogP contribution in [0.5, 0.6) is 0 Å². The van der Waals surface area contributed by atoms with Gasteiger partial charge in [0.1, 0.15) is 0 Å². The molecule has 2 aromatic carbocycles. The Morgan fingerprint density at radius 1 is 0.789 bits per heavy atom. The van der Waals surface area contributed by atoms with Crippen LogP contribution in [0.15, 0.2) is 48.5 Å². The molecule has 0 heterocycles. The van der Waals surface area contributed by atoms with Crippen molar-refractivity contribution in [3.05, 3.63) is 59.7 Å². The van der Waals surface area contributed by atoms with E-state index in [0.717, 1.165) is 11.1 Å². The summed E-state index contributed by atoms with van der Waals surface area (Å²) in [5.74, 6) is -0.169. The summed E-state index contributed by atoms with van der Waals surface area (Å²) in [6, 6.07) is 15.0. The minimum absolute atomic E-state index is 0. The monoisotopic (exact) mass is 270 g/mol. The Morgan fingerprint density at radius 3 is 1.95 bits per heavy atom. The van der Waals surface area contributed by atoms with Crippen molar-refractivity contribution in [3.8, 4) is 11.1 Å². The van der Waals surface area contributed by atoms with Crippen molar-refractivity contribution < 1.29 is 9.59 Å². The number of hydrogen-bond donors (Lipinski definition) is 0. The zero-order valence-corrected chi connectivity index (χ0v) is 10.4. The fraction of sp³-hybridized carbons (Fsp3) is 0.125. The number of carbonyl (C=O) groups is 2. The quantitative estimate of drug-likeness (QED) is 0.633. The predicted molar refractivity (Wildman–Crippen MR) is 83.2 cm³/mol. The Bertz CT molecular complexity index is 603. The van der Waals surface area contributed by atoms with Crippen molar-refractivity contribution in [2.75, 3.05) is 0 Å². The molecule has 0 radical (unpaired) electrons. The molecule has 2 rings (SSSR count). The van der Waals surface area contributed by atoms with Crippen molar-refractivity contribution >= 4 is 22.5 Å². The summed E-state index contributed by atoms with van der Waals surface area (Å²) < 4.78 is 0. The van der Waals surface area contributed by atoms with Gasteiger partial charge in [0.15, 0.2) is 11.6 Å². The van der Waals surface area contributed by atoms with Gasteiger partial charge in [-0.15, -0.1) is 0 Å². The molecule has 0 spiro atoms. The second-order valence-electron chi connectivity index (χ2n) is 4.21. The van der Waals surface area contributed by atoms with Crippen LogP contribution in [0.3, 0.4) is 0 Å². The van der Waals surface area contributed by atoms with Gasteiger partial charge in [-0.05, 0) is 35.9 Å². The minimum Gasteiger partial charge on any atom is -0.294 e. The van der Waals surface area contributed by atoms with Crippen LogP contribution < -0.4 is 0 Å². The highest BCUT2D eigenvalue weighted by atomic mass is 28.1. The van der Waals surface area contributed by atoms with Gasteiger partial charge >= 0.3 is 0 Å². The lowest BCUT2D eigenvalue weighted by Crippen LogP contribution is -2.06. The van der Waals surface area contributed by atoms with E-state index in [4.69, 9.17) is 0 Å². The van der Waals surface area contributed by atoms with Gasteiger partial charge in [0.05, 0.1) is 0 Å². The maximum Gasteiger partial charge on any atom is 0.161 e. The highest BCUT2D eigenvalue weighted by molar-refractivity contribution is 6.11. The molecule has 0 aliphatic rings. The van der Waals surface area contributed by atoms with Crippen molar-refractivity contribution in [2.24, 2.45) is 0 Å².